The summed E-state index contributed by atoms with van der Waals surface area (Å²) in [5, 5.41) is 3.57. The first-order valence-corrected chi connectivity index (χ1v) is 12.1. The van der Waals surface area contributed by atoms with Crippen molar-refractivity contribution in [1.82, 2.24) is 9.71 Å². The maximum atomic E-state index is 13.4. The molecule has 0 spiro atoms. The van der Waals surface area contributed by atoms with E-state index in [4.69, 9.17) is 4.98 Å². The number of pyridine rings is 1. The molecule has 0 aliphatic heterocycles. The van der Waals surface area contributed by atoms with Crippen LogP contribution in [0.5, 0.6) is 0 Å². The molecule has 7 nitrogen and oxygen atoms in total. The molecular formula is C26H23N3O4S. The molecule has 172 valence electrons. The summed E-state index contributed by atoms with van der Waals surface area (Å²) in [5.74, 6) is -1.01. The summed E-state index contributed by atoms with van der Waals surface area (Å²) in [7, 11) is -3.95. The summed E-state index contributed by atoms with van der Waals surface area (Å²) in [6.07, 6.45) is 0. The van der Waals surface area contributed by atoms with Crippen LogP contribution in [0, 0.1) is 13.8 Å². The monoisotopic (exact) mass is 473 g/mol. The zero-order valence-electron chi connectivity index (χ0n) is 18.9. The molecule has 0 unspecified atom stereocenters. The van der Waals surface area contributed by atoms with Crippen LogP contribution in [-0.2, 0) is 14.8 Å². The molecule has 2 N–H and O–H groups in total. The number of nitrogens with one attached hydrogen (secondary N) is 2. The predicted octanol–water partition coefficient (Wildman–Crippen LogP) is 4.60. The Hall–Kier alpha value is -4.04. The first-order chi connectivity index (χ1) is 16.2. The van der Waals surface area contributed by atoms with Crippen LogP contribution in [0.2, 0.25) is 0 Å². The van der Waals surface area contributed by atoms with E-state index in [2.05, 4.69) is 5.32 Å². The number of benzene rings is 3. The van der Waals surface area contributed by atoms with Gasteiger partial charge < -0.3 is 5.32 Å². The number of amides is 2. The largest absolute Gasteiger partial charge is 0.322 e. The SMILES string of the molecule is CC(=O)NS(=O)(=O)c1ccc(NC(=O)c2c(C)c(-c3ccc(C)cc3)nc3ccccc23)cc1. The van der Waals surface area contributed by atoms with Crippen molar-refractivity contribution in [3.05, 3.63) is 89.5 Å². The number of para-hydroxylation sites is 1. The predicted molar refractivity (Wildman–Crippen MR) is 132 cm³/mol. The Labute approximate surface area is 197 Å². The van der Waals surface area contributed by atoms with Gasteiger partial charge in [0.25, 0.3) is 15.9 Å². The van der Waals surface area contributed by atoms with Crippen molar-refractivity contribution in [2.75, 3.05) is 5.32 Å². The molecule has 0 radical (unpaired) electrons. The van der Waals surface area contributed by atoms with E-state index in [1.807, 2.05) is 67.1 Å². The second-order valence-corrected chi connectivity index (χ2v) is 9.67. The number of aromatic nitrogens is 1. The summed E-state index contributed by atoms with van der Waals surface area (Å²) >= 11 is 0. The Bertz CT molecular complexity index is 1510. The van der Waals surface area contributed by atoms with Crippen LogP contribution in [-0.4, -0.2) is 25.2 Å². The third-order valence-corrected chi connectivity index (χ3v) is 6.84. The molecule has 0 saturated heterocycles. The number of rotatable bonds is 5. The van der Waals surface area contributed by atoms with Gasteiger partial charge in [0, 0.05) is 23.6 Å². The summed E-state index contributed by atoms with van der Waals surface area (Å²) in [5.41, 5.74) is 5.12. The standard InChI is InChI=1S/C26H23N3O4S/c1-16-8-10-19(11-9-16)25-17(2)24(22-6-4-5-7-23(22)28-25)26(31)27-20-12-14-21(15-13-20)34(32,33)29-18(3)30/h4-15H,1-3H3,(H,27,31)(H,29,30). The van der Waals surface area contributed by atoms with E-state index in [9.17, 15) is 18.0 Å². The normalized spacial score (nSPS) is 11.3. The highest BCUT2D eigenvalue weighted by atomic mass is 32.2. The zero-order chi connectivity index (χ0) is 24.5. The highest BCUT2D eigenvalue weighted by Crippen LogP contribution is 2.30. The maximum Gasteiger partial charge on any atom is 0.264 e. The third-order valence-electron chi connectivity index (χ3n) is 5.39. The van der Waals surface area contributed by atoms with Crippen molar-refractivity contribution in [2.24, 2.45) is 0 Å². The zero-order valence-corrected chi connectivity index (χ0v) is 19.7. The van der Waals surface area contributed by atoms with Crippen LogP contribution in [0.4, 0.5) is 5.69 Å². The van der Waals surface area contributed by atoms with Gasteiger partial charge >= 0.3 is 0 Å². The lowest BCUT2D eigenvalue weighted by molar-refractivity contribution is -0.117. The van der Waals surface area contributed by atoms with Crippen LogP contribution in [0.1, 0.15) is 28.4 Å². The average molecular weight is 474 g/mol. The van der Waals surface area contributed by atoms with Gasteiger partial charge in [0.2, 0.25) is 5.91 Å². The Balaban J connectivity index is 1.72. The average Bonchev–Trinajstić information content (AvgIpc) is 2.79. The molecule has 3 aromatic carbocycles. The Kier molecular flexibility index (Phi) is 6.17. The summed E-state index contributed by atoms with van der Waals surface area (Å²) < 4.78 is 26.2. The van der Waals surface area contributed by atoms with Crippen molar-refractivity contribution in [3.8, 4) is 11.3 Å². The second-order valence-electron chi connectivity index (χ2n) is 7.98. The van der Waals surface area contributed by atoms with E-state index in [-0.39, 0.29) is 10.8 Å². The minimum Gasteiger partial charge on any atom is -0.322 e. The topological polar surface area (TPSA) is 105 Å². The smallest absolute Gasteiger partial charge is 0.264 e. The molecular weight excluding hydrogens is 450 g/mol. The molecule has 0 bridgehead atoms. The van der Waals surface area contributed by atoms with Gasteiger partial charge in [0.1, 0.15) is 0 Å². The summed E-state index contributed by atoms with van der Waals surface area (Å²) in [4.78, 5) is 29.3. The Morgan fingerprint density at radius 2 is 1.50 bits per heavy atom. The number of fused-ring (bicyclic) bond motifs is 1. The second kappa shape index (κ2) is 9.07. The number of carbonyl (C=O) groups excluding carboxylic acids is 2. The van der Waals surface area contributed by atoms with E-state index < -0.39 is 15.9 Å². The quantitative estimate of drug-likeness (QED) is 0.441. The molecule has 0 aliphatic carbocycles. The number of aryl methyl sites for hydroxylation is 1. The lowest BCUT2D eigenvalue weighted by Gasteiger charge is -2.15. The molecule has 8 heteroatoms. The molecule has 0 aliphatic rings. The molecule has 2 amide bonds. The Morgan fingerprint density at radius 1 is 0.853 bits per heavy atom. The number of sulfonamides is 1. The van der Waals surface area contributed by atoms with Crippen LogP contribution in [0.3, 0.4) is 0 Å². The van der Waals surface area contributed by atoms with E-state index in [1.165, 1.54) is 24.3 Å². The molecule has 0 fully saturated rings. The van der Waals surface area contributed by atoms with Gasteiger partial charge in [-0.15, -0.1) is 0 Å². The minimum absolute atomic E-state index is 0.0760. The van der Waals surface area contributed by atoms with Crippen LogP contribution in [0.15, 0.2) is 77.7 Å². The molecule has 4 rings (SSSR count). The van der Waals surface area contributed by atoms with Gasteiger partial charge in [-0.2, -0.15) is 0 Å². The Morgan fingerprint density at radius 3 is 2.15 bits per heavy atom. The fraction of sp³-hybridized carbons (Fsp3) is 0.115. The maximum absolute atomic E-state index is 13.4. The number of anilines is 1. The summed E-state index contributed by atoms with van der Waals surface area (Å²) in [6, 6.07) is 21.0. The van der Waals surface area contributed by atoms with Gasteiger partial charge in [-0.05, 0) is 49.7 Å². The van der Waals surface area contributed by atoms with Gasteiger partial charge in [-0.3, -0.25) is 9.59 Å². The minimum atomic E-state index is -3.95. The highest BCUT2D eigenvalue weighted by Gasteiger charge is 2.20. The van der Waals surface area contributed by atoms with Crippen molar-refractivity contribution in [1.29, 1.82) is 0 Å². The van der Waals surface area contributed by atoms with Gasteiger partial charge in [0.05, 0.1) is 21.7 Å². The van der Waals surface area contributed by atoms with E-state index in [0.717, 1.165) is 34.7 Å². The van der Waals surface area contributed by atoms with E-state index >= 15 is 0 Å². The molecule has 4 aromatic rings. The van der Waals surface area contributed by atoms with Crippen molar-refractivity contribution in [2.45, 2.75) is 25.7 Å². The first-order valence-electron chi connectivity index (χ1n) is 10.6. The van der Waals surface area contributed by atoms with Crippen LogP contribution >= 0.6 is 0 Å². The first kappa shape index (κ1) is 23.1. The lowest BCUT2D eigenvalue weighted by atomic mass is 9.96. The van der Waals surface area contributed by atoms with Crippen molar-refractivity contribution in [3.63, 3.8) is 0 Å². The van der Waals surface area contributed by atoms with E-state index in [0.29, 0.717) is 16.8 Å². The lowest BCUT2D eigenvalue weighted by Crippen LogP contribution is -2.28. The van der Waals surface area contributed by atoms with E-state index in [1.54, 1.807) is 0 Å². The molecule has 0 saturated carbocycles. The van der Waals surface area contributed by atoms with Gasteiger partial charge in [-0.1, -0.05) is 48.0 Å². The van der Waals surface area contributed by atoms with Crippen LogP contribution in [0.25, 0.3) is 22.2 Å². The fourth-order valence-electron chi connectivity index (χ4n) is 3.75. The van der Waals surface area contributed by atoms with Crippen LogP contribution < -0.4 is 10.0 Å². The third kappa shape index (κ3) is 4.67. The molecule has 34 heavy (non-hydrogen) atoms. The highest BCUT2D eigenvalue weighted by molar-refractivity contribution is 7.90. The van der Waals surface area contributed by atoms with Gasteiger partial charge in [0.15, 0.2) is 0 Å². The van der Waals surface area contributed by atoms with Crippen molar-refractivity contribution < 1.29 is 18.0 Å². The molecule has 1 aromatic heterocycles. The number of carbonyl (C=O) groups is 2. The fourth-order valence-corrected chi connectivity index (χ4v) is 4.74. The molecule has 1 heterocycles. The number of hydrogen-bond donors (Lipinski definition) is 2. The van der Waals surface area contributed by atoms with Crippen molar-refractivity contribution >= 4 is 38.4 Å². The number of nitrogens with zero attached hydrogens (tertiary/aromatic N) is 1. The summed E-state index contributed by atoms with van der Waals surface area (Å²) in [6.45, 7) is 5.00. The number of hydrogen-bond acceptors (Lipinski definition) is 5. The molecule has 0 atom stereocenters. The van der Waals surface area contributed by atoms with Gasteiger partial charge in [-0.25, -0.2) is 18.1 Å².